The molecule has 1 saturated heterocycles. The Balaban J connectivity index is 1.49. The quantitative estimate of drug-likeness (QED) is 0.799. The van der Waals surface area contributed by atoms with Crippen LogP contribution in [0.25, 0.3) is 0 Å². The van der Waals surface area contributed by atoms with Gasteiger partial charge < -0.3 is 14.4 Å². The van der Waals surface area contributed by atoms with Crippen molar-refractivity contribution in [2.75, 3.05) is 19.7 Å². The number of hydrogen-bond donors (Lipinski definition) is 0. The Labute approximate surface area is 149 Å². The van der Waals surface area contributed by atoms with Crippen molar-refractivity contribution in [2.24, 2.45) is 0 Å². The van der Waals surface area contributed by atoms with Crippen LogP contribution in [0.4, 0.5) is 4.79 Å². The van der Waals surface area contributed by atoms with E-state index in [0.717, 1.165) is 37.2 Å². The maximum absolute atomic E-state index is 12.2. The standard InChI is InChI=1S/C21H25NO3/c1-2-24-20-10-6-9-19(15-20)18-11-13-22(14-12-18)21(23)25-16-17-7-4-3-5-8-17/h3-10,15,18H,2,11-14,16H2,1H3. The average molecular weight is 339 g/mol. The summed E-state index contributed by atoms with van der Waals surface area (Å²) in [5.41, 5.74) is 2.31. The van der Waals surface area contributed by atoms with E-state index >= 15 is 0 Å². The summed E-state index contributed by atoms with van der Waals surface area (Å²) >= 11 is 0. The summed E-state index contributed by atoms with van der Waals surface area (Å²) in [7, 11) is 0. The molecule has 0 atom stereocenters. The number of likely N-dealkylation sites (tertiary alicyclic amines) is 1. The Morgan fingerprint density at radius 1 is 1.08 bits per heavy atom. The summed E-state index contributed by atoms with van der Waals surface area (Å²) < 4.78 is 11.0. The van der Waals surface area contributed by atoms with Crippen LogP contribution in [0.2, 0.25) is 0 Å². The fourth-order valence-electron chi connectivity index (χ4n) is 3.23. The van der Waals surface area contributed by atoms with Crippen LogP contribution in [-0.2, 0) is 11.3 Å². The van der Waals surface area contributed by atoms with Gasteiger partial charge in [-0.25, -0.2) is 4.79 Å². The molecule has 4 heteroatoms. The number of ether oxygens (including phenoxy) is 2. The van der Waals surface area contributed by atoms with E-state index in [1.807, 2.05) is 54.3 Å². The van der Waals surface area contributed by atoms with Gasteiger partial charge in [-0.3, -0.25) is 0 Å². The fraction of sp³-hybridized carbons (Fsp3) is 0.381. The molecule has 0 unspecified atom stereocenters. The van der Waals surface area contributed by atoms with E-state index in [-0.39, 0.29) is 6.09 Å². The molecule has 1 heterocycles. The minimum absolute atomic E-state index is 0.217. The average Bonchev–Trinajstić information content (AvgIpc) is 2.67. The summed E-state index contributed by atoms with van der Waals surface area (Å²) in [6.07, 6.45) is 1.69. The second-order valence-electron chi connectivity index (χ2n) is 6.31. The van der Waals surface area contributed by atoms with Gasteiger partial charge in [-0.2, -0.15) is 0 Å². The van der Waals surface area contributed by atoms with Crippen LogP contribution in [0.5, 0.6) is 5.75 Å². The third-order valence-corrected chi connectivity index (χ3v) is 4.60. The molecule has 1 aliphatic rings. The van der Waals surface area contributed by atoms with Crippen molar-refractivity contribution in [1.82, 2.24) is 4.90 Å². The first-order valence-electron chi connectivity index (χ1n) is 8.94. The predicted molar refractivity (Wildman–Crippen MR) is 97.8 cm³/mol. The molecule has 0 aliphatic carbocycles. The fourth-order valence-corrected chi connectivity index (χ4v) is 3.23. The van der Waals surface area contributed by atoms with Crippen molar-refractivity contribution < 1.29 is 14.3 Å². The number of carbonyl (C=O) groups excluding carboxylic acids is 1. The summed E-state index contributed by atoms with van der Waals surface area (Å²) in [6.45, 7) is 4.46. The van der Waals surface area contributed by atoms with Crippen LogP contribution in [0.1, 0.15) is 36.8 Å². The summed E-state index contributed by atoms with van der Waals surface area (Å²) in [5.74, 6) is 1.39. The second-order valence-corrected chi connectivity index (χ2v) is 6.31. The van der Waals surface area contributed by atoms with E-state index in [4.69, 9.17) is 9.47 Å². The zero-order valence-corrected chi connectivity index (χ0v) is 14.7. The van der Waals surface area contributed by atoms with Crippen molar-refractivity contribution in [1.29, 1.82) is 0 Å². The summed E-state index contributed by atoms with van der Waals surface area (Å²) in [4.78, 5) is 14.0. The van der Waals surface area contributed by atoms with Crippen LogP contribution < -0.4 is 4.74 Å². The Bertz CT molecular complexity index is 679. The van der Waals surface area contributed by atoms with E-state index in [0.29, 0.717) is 19.1 Å². The van der Waals surface area contributed by atoms with Crippen LogP contribution in [0, 0.1) is 0 Å². The largest absolute Gasteiger partial charge is 0.494 e. The predicted octanol–water partition coefficient (Wildman–Crippen LogP) is 4.60. The molecule has 25 heavy (non-hydrogen) atoms. The van der Waals surface area contributed by atoms with E-state index in [9.17, 15) is 4.79 Å². The van der Waals surface area contributed by atoms with Gasteiger partial charge in [0, 0.05) is 13.1 Å². The number of rotatable bonds is 5. The highest BCUT2D eigenvalue weighted by molar-refractivity contribution is 5.67. The molecule has 1 aliphatic heterocycles. The Kier molecular flexibility index (Phi) is 5.94. The number of nitrogens with zero attached hydrogens (tertiary/aromatic N) is 1. The van der Waals surface area contributed by atoms with Crippen molar-refractivity contribution in [3.05, 3.63) is 65.7 Å². The molecule has 0 bridgehead atoms. The number of carbonyl (C=O) groups is 1. The van der Waals surface area contributed by atoms with E-state index in [2.05, 4.69) is 12.1 Å². The molecular weight excluding hydrogens is 314 g/mol. The minimum Gasteiger partial charge on any atom is -0.494 e. The summed E-state index contributed by atoms with van der Waals surface area (Å²) in [5, 5.41) is 0. The van der Waals surface area contributed by atoms with Crippen LogP contribution in [0.3, 0.4) is 0 Å². The number of benzene rings is 2. The second kappa shape index (κ2) is 8.56. The smallest absolute Gasteiger partial charge is 0.410 e. The molecule has 1 fully saturated rings. The first-order chi connectivity index (χ1) is 12.3. The monoisotopic (exact) mass is 339 g/mol. The molecule has 2 aromatic rings. The SMILES string of the molecule is CCOc1cccc(C2CCN(C(=O)OCc3ccccc3)CC2)c1. The third-order valence-electron chi connectivity index (χ3n) is 4.60. The van der Waals surface area contributed by atoms with Crippen LogP contribution in [-0.4, -0.2) is 30.7 Å². The van der Waals surface area contributed by atoms with Crippen molar-refractivity contribution in [3.8, 4) is 5.75 Å². The third kappa shape index (κ3) is 4.75. The zero-order chi connectivity index (χ0) is 17.5. The number of hydrogen-bond acceptors (Lipinski definition) is 3. The molecule has 1 amide bonds. The van der Waals surface area contributed by atoms with Gasteiger partial charge in [0.2, 0.25) is 0 Å². The molecule has 0 aromatic heterocycles. The van der Waals surface area contributed by atoms with E-state index in [1.54, 1.807) is 0 Å². The first kappa shape index (κ1) is 17.3. The maximum Gasteiger partial charge on any atom is 0.410 e. The molecule has 0 saturated carbocycles. The Morgan fingerprint density at radius 3 is 2.56 bits per heavy atom. The van der Waals surface area contributed by atoms with Gasteiger partial charge in [0.05, 0.1) is 6.61 Å². The van der Waals surface area contributed by atoms with Crippen LogP contribution >= 0.6 is 0 Å². The highest BCUT2D eigenvalue weighted by Crippen LogP contribution is 2.30. The molecule has 2 aromatic carbocycles. The molecule has 0 radical (unpaired) electrons. The lowest BCUT2D eigenvalue weighted by Crippen LogP contribution is -2.38. The van der Waals surface area contributed by atoms with Gasteiger partial charge in [-0.15, -0.1) is 0 Å². The zero-order valence-electron chi connectivity index (χ0n) is 14.7. The minimum atomic E-state index is -0.217. The van der Waals surface area contributed by atoms with Crippen molar-refractivity contribution in [3.63, 3.8) is 0 Å². The van der Waals surface area contributed by atoms with Gasteiger partial charge in [0.15, 0.2) is 0 Å². The lowest BCUT2D eigenvalue weighted by atomic mass is 9.89. The molecule has 4 nitrogen and oxygen atoms in total. The number of amides is 1. The van der Waals surface area contributed by atoms with Gasteiger partial charge in [0.25, 0.3) is 0 Å². The maximum atomic E-state index is 12.2. The normalized spacial score (nSPS) is 15.0. The summed E-state index contributed by atoms with van der Waals surface area (Å²) in [6, 6.07) is 18.1. The van der Waals surface area contributed by atoms with E-state index < -0.39 is 0 Å². The molecule has 3 rings (SSSR count). The Hall–Kier alpha value is -2.49. The van der Waals surface area contributed by atoms with Crippen LogP contribution in [0.15, 0.2) is 54.6 Å². The highest BCUT2D eigenvalue weighted by atomic mass is 16.6. The van der Waals surface area contributed by atoms with Gasteiger partial charge in [-0.1, -0.05) is 42.5 Å². The van der Waals surface area contributed by atoms with Gasteiger partial charge in [-0.05, 0) is 48.9 Å². The van der Waals surface area contributed by atoms with Crippen molar-refractivity contribution in [2.45, 2.75) is 32.3 Å². The Morgan fingerprint density at radius 2 is 1.84 bits per heavy atom. The van der Waals surface area contributed by atoms with E-state index in [1.165, 1.54) is 5.56 Å². The lowest BCUT2D eigenvalue weighted by molar-refractivity contribution is 0.0870. The molecule has 0 spiro atoms. The topological polar surface area (TPSA) is 38.8 Å². The van der Waals surface area contributed by atoms with Crippen molar-refractivity contribution >= 4 is 6.09 Å². The highest BCUT2D eigenvalue weighted by Gasteiger charge is 2.24. The molecule has 0 N–H and O–H groups in total. The molecular formula is C21H25NO3. The first-order valence-corrected chi connectivity index (χ1v) is 8.94. The van der Waals surface area contributed by atoms with Gasteiger partial charge in [0.1, 0.15) is 12.4 Å². The number of piperidine rings is 1. The lowest BCUT2D eigenvalue weighted by Gasteiger charge is -2.31. The molecule has 132 valence electrons. The van der Waals surface area contributed by atoms with Gasteiger partial charge >= 0.3 is 6.09 Å².